The summed E-state index contributed by atoms with van der Waals surface area (Å²) in [7, 11) is 0. The van der Waals surface area contributed by atoms with Crippen molar-refractivity contribution in [1.29, 1.82) is 0 Å². The molecule has 0 aliphatic heterocycles. The molecule has 0 spiro atoms. The van der Waals surface area contributed by atoms with Gasteiger partial charge in [-0.25, -0.2) is 0 Å². The van der Waals surface area contributed by atoms with Crippen LogP contribution in [0.1, 0.15) is 21.8 Å². The summed E-state index contributed by atoms with van der Waals surface area (Å²) in [6.07, 6.45) is -4.62. The highest BCUT2D eigenvalue weighted by Crippen LogP contribution is 2.65. The molecular formula is C19H11Cl6F3N2O2. The summed E-state index contributed by atoms with van der Waals surface area (Å²) < 4.78 is 35.7. The first-order valence-corrected chi connectivity index (χ1v) is 11.0. The van der Waals surface area contributed by atoms with Gasteiger partial charge in [-0.2, -0.15) is 13.2 Å². The van der Waals surface area contributed by atoms with Crippen LogP contribution in [0.15, 0.2) is 30.3 Å². The number of carbonyl (C=O) groups is 2. The predicted octanol–water partition coefficient (Wildman–Crippen LogP) is 7.12. The molecule has 1 aliphatic carbocycles. The van der Waals surface area contributed by atoms with Gasteiger partial charge in [-0.15, -0.1) is 23.2 Å². The molecule has 1 aliphatic rings. The summed E-state index contributed by atoms with van der Waals surface area (Å²) in [5.74, 6) is -3.26. The van der Waals surface area contributed by atoms with Crippen LogP contribution >= 0.6 is 69.6 Å². The minimum atomic E-state index is -4.62. The van der Waals surface area contributed by atoms with Crippen molar-refractivity contribution < 1.29 is 22.8 Å². The fourth-order valence-corrected chi connectivity index (χ4v) is 4.93. The van der Waals surface area contributed by atoms with Crippen LogP contribution in [0.4, 0.5) is 18.9 Å². The second-order valence-corrected chi connectivity index (χ2v) is 10.0. The Kier molecular flexibility index (Phi) is 7.40. The van der Waals surface area contributed by atoms with Gasteiger partial charge in [0.15, 0.2) is 0 Å². The third-order valence-corrected chi connectivity index (χ3v) is 6.75. The largest absolute Gasteiger partial charge is 0.405 e. The van der Waals surface area contributed by atoms with Gasteiger partial charge in [-0.1, -0.05) is 46.4 Å². The number of hydrogen-bond donors (Lipinski definition) is 2. The molecule has 2 aromatic rings. The third-order valence-electron chi connectivity index (χ3n) is 4.57. The average molecular weight is 569 g/mol. The molecule has 2 atom stereocenters. The number of carbonyl (C=O) groups excluding carboxylic acids is 2. The maximum Gasteiger partial charge on any atom is 0.405 e. The smallest absolute Gasteiger partial charge is 0.343 e. The van der Waals surface area contributed by atoms with Crippen LogP contribution in [0.2, 0.25) is 20.1 Å². The Hall–Kier alpha value is -1.09. The molecule has 2 aromatic carbocycles. The highest BCUT2D eigenvalue weighted by Gasteiger charge is 2.67. The number of benzene rings is 2. The summed E-state index contributed by atoms with van der Waals surface area (Å²) in [6, 6.07) is 6.99. The molecule has 0 bridgehead atoms. The van der Waals surface area contributed by atoms with Gasteiger partial charge in [0, 0.05) is 21.7 Å². The van der Waals surface area contributed by atoms with E-state index >= 15 is 0 Å². The summed E-state index contributed by atoms with van der Waals surface area (Å²) in [5, 5.41) is 4.44. The Morgan fingerprint density at radius 2 is 1.56 bits per heavy atom. The minimum Gasteiger partial charge on any atom is -0.343 e. The topological polar surface area (TPSA) is 58.2 Å². The van der Waals surface area contributed by atoms with Crippen molar-refractivity contribution in [2.45, 2.75) is 16.4 Å². The van der Waals surface area contributed by atoms with Crippen molar-refractivity contribution in [3.8, 4) is 0 Å². The predicted molar refractivity (Wildman–Crippen MR) is 121 cm³/mol. The van der Waals surface area contributed by atoms with Crippen LogP contribution in [0.5, 0.6) is 0 Å². The van der Waals surface area contributed by atoms with E-state index in [9.17, 15) is 22.8 Å². The Labute approximate surface area is 210 Å². The van der Waals surface area contributed by atoms with Gasteiger partial charge in [0.05, 0.1) is 21.5 Å². The SMILES string of the molecule is O=C(NCC(F)(F)F)c1cc(NC(=O)[C@H]2[C@H](c3cc(Cl)cc(Cl)c3)C2(Cl)Cl)cc(Cl)c1Cl. The highest BCUT2D eigenvalue weighted by atomic mass is 35.5. The number of nitrogens with one attached hydrogen (secondary N) is 2. The van der Waals surface area contributed by atoms with Crippen molar-refractivity contribution in [3.63, 3.8) is 0 Å². The quantitative estimate of drug-likeness (QED) is 0.377. The lowest BCUT2D eigenvalue weighted by molar-refractivity contribution is -0.123. The van der Waals surface area contributed by atoms with Crippen LogP contribution in [-0.4, -0.2) is 28.9 Å². The lowest BCUT2D eigenvalue weighted by Gasteiger charge is -2.12. The van der Waals surface area contributed by atoms with E-state index in [1.807, 2.05) is 0 Å². The molecule has 172 valence electrons. The van der Waals surface area contributed by atoms with E-state index in [2.05, 4.69) is 5.32 Å². The van der Waals surface area contributed by atoms with Crippen molar-refractivity contribution in [2.24, 2.45) is 5.92 Å². The van der Waals surface area contributed by atoms with Crippen molar-refractivity contribution >= 4 is 87.1 Å². The van der Waals surface area contributed by atoms with Crippen LogP contribution in [0.25, 0.3) is 0 Å². The Balaban J connectivity index is 1.80. The van der Waals surface area contributed by atoms with E-state index in [0.29, 0.717) is 15.6 Å². The Bertz CT molecular complexity index is 1070. The molecule has 3 rings (SSSR count). The van der Waals surface area contributed by atoms with Crippen LogP contribution in [-0.2, 0) is 4.79 Å². The van der Waals surface area contributed by atoms with Gasteiger partial charge in [0.1, 0.15) is 10.9 Å². The molecule has 0 aromatic heterocycles. The van der Waals surface area contributed by atoms with Crippen molar-refractivity contribution in [1.82, 2.24) is 5.32 Å². The molecule has 1 fully saturated rings. The molecule has 2 N–H and O–H groups in total. The first kappa shape index (κ1) is 25.5. The van der Waals surface area contributed by atoms with E-state index < -0.39 is 40.7 Å². The molecular weight excluding hydrogens is 558 g/mol. The number of alkyl halides is 5. The number of halogens is 9. The normalized spacial score (nSPS) is 19.4. The van der Waals surface area contributed by atoms with E-state index in [1.165, 1.54) is 12.1 Å². The second-order valence-electron chi connectivity index (χ2n) is 6.94. The molecule has 1 saturated carbocycles. The van der Waals surface area contributed by atoms with Gasteiger partial charge in [0.25, 0.3) is 5.91 Å². The second kappa shape index (κ2) is 9.28. The van der Waals surface area contributed by atoms with Crippen LogP contribution < -0.4 is 10.6 Å². The van der Waals surface area contributed by atoms with E-state index in [0.717, 1.165) is 6.07 Å². The van der Waals surface area contributed by atoms with E-state index in [4.69, 9.17) is 69.6 Å². The van der Waals surface area contributed by atoms with Crippen LogP contribution in [0.3, 0.4) is 0 Å². The zero-order valence-electron chi connectivity index (χ0n) is 15.5. The zero-order valence-corrected chi connectivity index (χ0v) is 20.0. The van der Waals surface area contributed by atoms with E-state index in [-0.39, 0.29) is 21.3 Å². The summed E-state index contributed by atoms with van der Waals surface area (Å²) in [5.41, 5.74) is 0.213. The highest BCUT2D eigenvalue weighted by molar-refractivity contribution is 6.53. The molecule has 0 saturated heterocycles. The maximum absolute atomic E-state index is 12.8. The fraction of sp³-hybridized carbons (Fsp3) is 0.263. The number of hydrogen-bond acceptors (Lipinski definition) is 2. The molecule has 0 unspecified atom stereocenters. The number of anilines is 1. The van der Waals surface area contributed by atoms with Gasteiger partial charge in [-0.05, 0) is 35.9 Å². The summed E-state index contributed by atoms with van der Waals surface area (Å²) in [4.78, 5) is 24.9. The Morgan fingerprint density at radius 1 is 0.969 bits per heavy atom. The van der Waals surface area contributed by atoms with Gasteiger partial charge >= 0.3 is 6.18 Å². The standard InChI is InChI=1S/C19H11Cl6F3N2O2/c20-8-1-7(2-9(21)3-8)13-14(19(13,24)25)17(32)30-10-4-11(15(23)12(22)5-10)16(31)29-6-18(26,27)28/h1-5,13-14H,6H2,(H,29,31)(H,30,32)/t13-,14+/m0/s1. The number of rotatable bonds is 5. The van der Waals surface area contributed by atoms with Crippen molar-refractivity contribution in [2.75, 3.05) is 11.9 Å². The first-order chi connectivity index (χ1) is 14.7. The third kappa shape index (κ3) is 5.69. The zero-order chi connectivity index (χ0) is 24.0. The number of amides is 2. The van der Waals surface area contributed by atoms with Crippen molar-refractivity contribution in [3.05, 3.63) is 61.5 Å². The molecule has 0 radical (unpaired) electrons. The molecule has 32 heavy (non-hydrogen) atoms. The lowest BCUT2D eigenvalue weighted by Crippen LogP contribution is -2.34. The van der Waals surface area contributed by atoms with Gasteiger partial charge in [-0.3, -0.25) is 9.59 Å². The lowest BCUT2D eigenvalue weighted by atomic mass is 10.1. The van der Waals surface area contributed by atoms with Gasteiger partial charge in [0.2, 0.25) is 5.91 Å². The monoisotopic (exact) mass is 566 g/mol. The molecule has 2 amide bonds. The average Bonchev–Trinajstić information content (AvgIpc) is 3.23. The minimum absolute atomic E-state index is 0.0143. The molecule has 4 nitrogen and oxygen atoms in total. The fourth-order valence-electron chi connectivity index (χ4n) is 3.14. The molecule has 0 heterocycles. The van der Waals surface area contributed by atoms with Crippen LogP contribution in [0, 0.1) is 5.92 Å². The first-order valence-electron chi connectivity index (χ1n) is 8.69. The maximum atomic E-state index is 12.8. The Morgan fingerprint density at radius 3 is 2.12 bits per heavy atom. The summed E-state index contributed by atoms with van der Waals surface area (Å²) >= 11 is 36.5. The van der Waals surface area contributed by atoms with Gasteiger partial charge < -0.3 is 10.6 Å². The summed E-state index contributed by atoms with van der Waals surface area (Å²) in [6.45, 7) is -1.57. The molecule has 13 heteroatoms. The van der Waals surface area contributed by atoms with E-state index in [1.54, 1.807) is 17.4 Å².